The fourth-order valence-electron chi connectivity index (χ4n) is 2.05. The van der Waals surface area contributed by atoms with Gasteiger partial charge < -0.3 is 5.32 Å². The minimum atomic E-state index is 0.551. The summed E-state index contributed by atoms with van der Waals surface area (Å²) in [4.78, 5) is 4.36. The molecule has 0 bridgehead atoms. The topological polar surface area (TPSA) is 53.6 Å². The van der Waals surface area contributed by atoms with Gasteiger partial charge in [-0.25, -0.2) is 0 Å². The largest absolute Gasteiger partial charge is 0.316 e. The van der Waals surface area contributed by atoms with Crippen LogP contribution in [0.15, 0.2) is 18.3 Å². The van der Waals surface area contributed by atoms with Crippen molar-refractivity contribution in [3.05, 3.63) is 24.0 Å². The van der Waals surface area contributed by atoms with E-state index < -0.39 is 0 Å². The highest BCUT2D eigenvalue weighted by molar-refractivity contribution is 5.77. The molecule has 14 heavy (non-hydrogen) atoms. The van der Waals surface area contributed by atoms with Crippen molar-refractivity contribution in [1.82, 2.24) is 20.5 Å². The van der Waals surface area contributed by atoms with Crippen LogP contribution in [0.3, 0.4) is 0 Å². The van der Waals surface area contributed by atoms with Crippen LogP contribution in [0.5, 0.6) is 0 Å². The second kappa shape index (κ2) is 3.06. The number of hydrogen-bond donors (Lipinski definition) is 2. The molecule has 2 aromatic heterocycles. The molecule has 0 amide bonds. The summed E-state index contributed by atoms with van der Waals surface area (Å²) < 4.78 is 0. The third-order valence-electron chi connectivity index (χ3n) is 2.81. The Bertz CT molecular complexity index is 442. The number of fused-ring (bicyclic) bond motifs is 1. The van der Waals surface area contributed by atoms with Crippen LogP contribution in [-0.4, -0.2) is 28.3 Å². The van der Waals surface area contributed by atoms with Gasteiger partial charge in [0.2, 0.25) is 0 Å². The average molecular weight is 188 g/mol. The maximum absolute atomic E-state index is 4.36. The van der Waals surface area contributed by atoms with Gasteiger partial charge in [0, 0.05) is 18.7 Å². The summed E-state index contributed by atoms with van der Waals surface area (Å²) in [7, 11) is 0. The van der Waals surface area contributed by atoms with Gasteiger partial charge >= 0.3 is 0 Å². The maximum atomic E-state index is 4.36. The summed E-state index contributed by atoms with van der Waals surface area (Å²) >= 11 is 0. The van der Waals surface area contributed by atoms with Crippen molar-refractivity contribution >= 4 is 11.0 Å². The molecule has 1 fully saturated rings. The Kier molecular flexibility index (Phi) is 1.73. The van der Waals surface area contributed by atoms with Crippen LogP contribution in [0.25, 0.3) is 11.0 Å². The average Bonchev–Trinajstić information content (AvgIpc) is 2.85. The SMILES string of the molecule is c1cnc2c(C3CCNC3)[nH]nc2c1. The van der Waals surface area contributed by atoms with Crippen molar-refractivity contribution in [3.63, 3.8) is 0 Å². The Morgan fingerprint density at radius 2 is 2.43 bits per heavy atom. The van der Waals surface area contributed by atoms with E-state index in [0.29, 0.717) is 5.92 Å². The van der Waals surface area contributed by atoms with Gasteiger partial charge in [-0.1, -0.05) is 0 Å². The Balaban J connectivity index is 2.11. The molecule has 0 saturated carbocycles. The number of pyridine rings is 1. The monoisotopic (exact) mass is 188 g/mol. The molecule has 2 aromatic rings. The highest BCUT2D eigenvalue weighted by atomic mass is 15.1. The molecule has 0 aliphatic carbocycles. The van der Waals surface area contributed by atoms with Crippen molar-refractivity contribution in [1.29, 1.82) is 0 Å². The molecule has 2 N–H and O–H groups in total. The standard InChI is InChI=1S/C10H12N4/c1-2-8-10(12-4-1)9(14-13-8)7-3-5-11-6-7/h1-2,4,7,11H,3,5-6H2,(H,13,14). The number of aromatic amines is 1. The van der Waals surface area contributed by atoms with Crippen molar-refractivity contribution in [3.8, 4) is 0 Å². The zero-order valence-electron chi connectivity index (χ0n) is 7.83. The number of nitrogens with one attached hydrogen (secondary N) is 2. The molecule has 1 unspecified atom stereocenters. The van der Waals surface area contributed by atoms with Crippen LogP contribution in [0.2, 0.25) is 0 Å². The van der Waals surface area contributed by atoms with Crippen molar-refractivity contribution < 1.29 is 0 Å². The van der Waals surface area contributed by atoms with E-state index in [0.717, 1.165) is 24.1 Å². The first-order valence-electron chi connectivity index (χ1n) is 4.95. The molecule has 4 heteroatoms. The lowest BCUT2D eigenvalue weighted by Gasteiger charge is -2.04. The zero-order valence-corrected chi connectivity index (χ0v) is 7.83. The lowest BCUT2D eigenvalue weighted by atomic mass is 10.0. The van der Waals surface area contributed by atoms with E-state index in [2.05, 4.69) is 20.5 Å². The van der Waals surface area contributed by atoms with Gasteiger partial charge in [-0.05, 0) is 25.1 Å². The van der Waals surface area contributed by atoms with Crippen LogP contribution in [-0.2, 0) is 0 Å². The van der Waals surface area contributed by atoms with Gasteiger partial charge in [0.1, 0.15) is 11.0 Å². The first-order valence-corrected chi connectivity index (χ1v) is 4.95. The van der Waals surface area contributed by atoms with Gasteiger partial charge in [0.25, 0.3) is 0 Å². The van der Waals surface area contributed by atoms with Crippen molar-refractivity contribution in [2.45, 2.75) is 12.3 Å². The molecule has 4 nitrogen and oxygen atoms in total. The number of hydrogen-bond acceptors (Lipinski definition) is 3. The molecular formula is C10H12N4. The molecule has 1 aliphatic rings. The van der Waals surface area contributed by atoms with E-state index in [-0.39, 0.29) is 0 Å². The van der Waals surface area contributed by atoms with Gasteiger partial charge in [-0.3, -0.25) is 10.1 Å². The van der Waals surface area contributed by atoms with Gasteiger partial charge in [-0.15, -0.1) is 0 Å². The summed E-state index contributed by atoms with van der Waals surface area (Å²) in [5.74, 6) is 0.551. The number of nitrogens with zero attached hydrogens (tertiary/aromatic N) is 2. The second-order valence-electron chi connectivity index (χ2n) is 3.70. The van der Waals surface area contributed by atoms with Crippen molar-refractivity contribution in [2.24, 2.45) is 0 Å². The lowest BCUT2D eigenvalue weighted by molar-refractivity contribution is 0.733. The third-order valence-corrected chi connectivity index (χ3v) is 2.81. The second-order valence-corrected chi connectivity index (χ2v) is 3.70. The van der Waals surface area contributed by atoms with E-state index in [9.17, 15) is 0 Å². The molecule has 3 heterocycles. The molecule has 1 atom stereocenters. The van der Waals surface area contributed by atoms with Crippen LogP contribution in [0.1, 0.15) is 18.0 Å². The van der Waals surface area contributed by atoms with Gasteiger partial charge in [0.05, 0.1) is 5.69 Å². The van der Waals surface area contributed by atoms with Crippen LogP contribution < -0.4 is 5.32 Å². The predicted octanol–water partition coefficient (Wildman–Crippen LogP) is 1.03. The number of rotatable bonds is 1. The quantitative estimate of drug-likeness (QED) is 0.703. The van der Waals surface area contributed by atoms with Crippen LogP contribution >= 0.6 is 0 Å². The Labute approximate surface area is 81.7 Å². The highest BCUT2D eigenvalue weighted by Gasteiger charge is 2.21. The number of H-pyrrole nitrogens is 1. The molecule has 72 valence electrons. The summed E-state index contributed by atoms with van der Waals surface area (Å²) in [6.07, 6.45) is 3.00. The van der Waals surface area contributed by atoms with Gasteiger partial charge in [-0.2, -0.15) is 5.10 Å². The normalized spacial score (nSPS) is 21.9. The van der Waals surface area contributed by atoms with E-state index in [1.54, 1.807) is 0 Å². The smallest absolute Gasteiger partial charge is 0.112 e. The zero-order chi connectivity index (χ0) is 9.38. The minimum Gasteiger partial charge on any atom is -0.316 e. The Morgan fingerprint density at radius 3 is 3.29 bits per heavy atom. The fraction of sp³-hybridized carbons (Fsp3) is 0.400. The molecule has 1 aliphatic heterocycles. The van der Waals surface area contributed by atoms with Crippen LogP contribution in [0, 0.1) is 0 Å². The van der Waals surface area contributed by atoms with Crippen molar-refractivity contribution in [2.75, 3.05) is 13.1 Å². The summed E-state index contributed by atoms with van der Waals surface area (Å²) in [5, 5.41) is 10.7. The predicted molar refractivity (Wildman–Crippen MR) is 54.1 cm³/mol. The Hall–Kier alpha value is -1.42. The summed E-state index contributed by atoms with van der Waals surface area (Å²) in [6, 6.07) is 3.91. The number of aromatic nitrogens is 3. The molecule has 3 rings (SSSR count). The first-order chi connectivity index (χ1) is 6.95. The third kappa shape index (κ3) is 1.11. The molecule has 0 spiro atoms. The van der Waals surface area contributed by atoms with E-state index in [1.807, 2.05) is 18.3 Å². The first kappa shape index (κ1) is 7.94. The Morgan fingerprint density at radius 1 is 1.43 bits per heavy atom. The lowest BCUT2D eigenvalue weighted by Crippen LogP contribution is -2.08. The summed E-state index contributed by atoms with van der Waals surface area (Å²) in [6.45, 7) is 2.13. The highest BCUT2D eigenvalue weighted by Crippen LogP contribution is 2.25. The summed E-state index contributed by atoms with van der Waals surface area (Å²) in [5.41, 5.74) is 3.18. The van der Waals surface area contributed by atoms with Gasteiger partial charge in [0.15, 0.2) is 0 Å². The fourth-order valence-corrected chi connectivity index (χ4v) is 2.05. The van der Waals surface area contributed by atoms with E-state index >= 15 is 0 Å². The molecule has 0 aromatic carbocycles. The van der Waals surface area contributed by atoms with E-state index in [1.165, 1.54) is 12.1 Å². The molecule has 0 radical (unpaired) electrons. The molecular weight excluding hydrogens is 176 g/mol. The molecule has 1 saturated heterocycles. The van der Waals surface area contributed by atoms with Crippen LogP contribution in [0.4, 0.5) is 0 Å². The van der Waals surface area contributed by atoms with E-state index in [4.69, 9.17) is 0 Å². The maximum Gasteiger partial charge on any atom is 0.112 e. The minimum absolute atomic E-state index is 0.551.